The predicted octanol–water partition coefficient (Wildman–Crippen LogP) is 4.34. The first-order valence-corrected chi connectivity index (χ1v) is 14.7. The van der Waals surface area contributed by atoms with Crippen LogP contribution < -0.4 is 25.4 Å². The summed E-state index contributed by atoms with van der Waals surface area (Å²) in [5.41, 5.74) is -0.494. The van der Waals surface area contributed by atoms with Gasteiger partial charge >= 0.3 is 12.2 Å². The van der Waals surface area contributed by atoms with Crippen molar-refractivity contribution in [1.82, 2.24) is 25.2 Å². The summed E-state index contributed by atoms with van der Waals surface area (Å²) in [7, 11) is 0. The Morgan fingerprint density at radius 3 is 2.69 bits per heavy atom. The van der Waals surface area contributed by atoms with E-state index in [1.165, 1.54) is 0 Å². The smallest absolute Gasteiger partial charge is 0.417 e. The van der Waals surface area contributed by atoms with Gasteiger partial charge in [-0.05, 0) is 44.9 Å². The number of anilines is 2. The van der Waals surface area contributed by atoms with Gasteiger partial charge in [0.05, 0.1) is 22.8 Å². The number of pyridine rings is 1. The summed E-state index contributed by atoms with van der Waals surface area (Å²) in [5, 5.41) is 3.26. The Hall–Kier alpha value is -3.66. The van der Waals surface area contributed by atoms with Crippen molar-refractivity contribution in [2.45, 2.75) is 62.9 Å². The quantitative estimate of drug-likeness (QED) is 0.318. The molecule has 9 nitrogen and oxygen atoms in total. The monoisotopic (exact) mass is 641 g/mol. The number of hydrogen-bond donors (Lipinski definition) is 2. The molecule has 45 heavy (non-hydrogen) atoms. The second-order valence-electron chi connectivity index (χ2n) is 12.1. The number of rotatable bonds is 4. The molecule has 6 heterocycles. The van der Waals surface area contributed by atoms with E-state index < -0.39 is 75.4 Å². The molecule has 3 aromatic rings. The van der Waals surface area contributed by atoms with Gasteiger partial charge in [-0.2, -0.15) is 23.1 Å². The van der Waals surface area contributed by atoms with Crippen molar-refractivity contribution >= 4 is 22.4 Å². The maximum Gasteiger partial charge on any atom is 0.417 e. The van der Waals surface area contributed by atoms with E-state index >= 15 is 8.78 Å². The Balaban J connectivity index is 1.43. The van der Waals surface area contributed by atoms with Crippen molar-refractivity contribution in [1.29, 1.82) is 0 Å². The predicted molar refractivity (Wildman–Crippen MR) is 150 cm³/mol. The molecule has 242 valence electrons. The average molecular weight is 642 g/mol. The van der Waals surface area contributed by atoms with Crippen LogP contribution in [0.3, 0.4) is 0 Å². The van der Waals surface area contributed by atoms with Crippen molar-refractivity contribution in [3.63, 3.8) is 0 Å². The number of nitrogen functional groups attached to an aromatic ring is 1. The summed E-state index contributed by atoms with van der Waals surface area (Å²) >= 11 is 0. The Labute approximate surface area is 252 Å². The van der Waals surface area contributed by atoms with E-state index in [9.17, 15) is 22.0 Å². The van der Waals surface area contributed by atoms with Gasteiger partial charge in [0.1, 0.15) is 47.1 Å². The van der Waals surface area contributed by atoms with Crippen LogP contribution in [0, 0.1) is 18.6 Å². The summed E-state index contributed by atoms with van der Waals surface area (Å²) in [5.74, 6) is -2.60. The summed E-state index contributed by atoms with van der Waals surface area (Å²) in [4.78, 5) is 16.6. The minimum atomic E-state index is -5.10. The van der Waals surface area contributed by atoms with Gasteiger partial charge < -0.3 is 25.4 Å². The number of aromatic nitrogens is 3. The van der Waals surface area contributed by atoms with Crippen molar-refractivity contribution in [3.05, 3.63) is 28.8 Å². The molecule has 0 unspecified atom stereocenters. The number of benzene rings is 1. The molecular weight excluding hydrogens is 611 g/mol. The average Bonchev–Trinajstić information content (AvgIpc) is 3.46. The van der Waals surface area contributed by atoms with Crippen LogP contribution in [0.5, 0.6) is 11.9 Å². The van der Waals surface area contributed by atoms with E-state index in [4.69, 9.17) is 15.2 Å². The third kappa shape index (κ3) is 4.54. The molecule has 0 radical (unpaired) electrons. The largest absolute Gasteiger partial charge is 0.472 e. The molecule has 1 aromatic carbocycles. The van der Waals surface area contributed by atoms with Crippen LogP contribution in [-0.2, 0) is 6.18 Å². The van der Waals surface area contributed by atoms with Crippen LogP contribution in [0.2, 0.25) is 0 Å². The molecule has 0 spiro atoms. The number of fused-ring (bicyclic) bond motifs is 3. The Morgan fingerprint density at radius 1 is 1.16 bits per heavy atom. The van der Waals surface area contributed by atoms with Gasteiger partial charge in [-0.1, -0.05) is 0 Å². The molecule has 5 atom stereocenters. The van der Waals surface area contributed by atoms with Crippen LogP contribution in [0.4, 0.5) is 42.2 Å². The number of nitrogens with zero attached hydrogens (tertiary/aromatic N) is 5. The summed E-state index contributed by atoms with van der Waals surface area (Å²) in [6.07, 6.45) is -8.24. The highest BCUT2D eigenvalue weighted by molar-refractivity contribution is 5.97. The second kappa shape index (κ2) is 10.4. The number of halogens is 7. The molecule has 4 aliphatic heterocycles. The van der Waals surface area contributed by atoms with Gasteiger partial charge in [0, 0.05) is 31.7 Å². The van der Waals surface area contributed by atoms with Crippen molar-refractivity contribution < 1.29 is 40.2 Å². The van der Waals surface area contributed by atoms with Crippen LogP contribution in [0.25, 0.3) is 22.2 Å². The van der Waals surface area contributed by atoms with Crippen LogP contribution >= 0.6 is 0 Å². The number of alkyl halides is 5. The zero-order valence-corrected chi connectivity index (χ0v) is 24.3. The van der Waals surface area contributed by atoms with Gasteiger partial charge in [-0.3, -0.25) is 4.90 Å². The van der Waals surface area contributed by atoms with Crippen molar-refractivity contribution in [3.8, 4) is 23.1 Å². The normalized spacial score (nSPS) is 28.2. The summed E-state index contributed by atoms with van der Waals surface area (Å²) < 4.78 is 116. The van der Waals surface area contributed by atoms with Gasteiger partial charge in [-0.15, -0.1) is 0 Å². The maximum atomic E-state index is 16.6. The van der Waals surface area contributed by atoms with Gasteiger partial charge in [0.2, 0.25) is 5.88 Å². The minimum Gasteiger partial charge on any atom is -0.472 e. The van der Waals surface area contributed by atoms with E-state index in [2.05, 4.69) is 20.3 Å². The molecule has 4 aliphatic rings. The van der Waals surface area contributed by atoms with E-state index in [0.717, 1.165) is 6.92 Å². The van der Waals surface area contributed by atoms with Crippen LogP contribution in [-0.4, -0.2) is 89.2 Å². The van der Waals surface area contributed by atoms with E-state index in [1.807, 2.05) is 4.90 Å². The molecule has 2 aromatic heterocycles. The van der Waals surface area contributed by atoms with E-state index in [0.29, 0.717) is 45.1 Å². The molecule has 3 fully saturated rings. The lowest BCUT2D eigenvalue weighted by atomic mass is 9.93. The Morgan fingerprint density at radius 2 is 1.93 bits per heavy atom. The lowest BCUT2D eigenvalue weighted by Gasteiger charge is -2.38. The second-order valence-corrected chi connectivity index (χ2v) is 12.1. The first-order chi connectivity index (χ1) is 21.3. The molecule has 0 amide bonds. The highest BCUT2D eigenvalue weighted by atomic mass is 19.4. The molecule has 0 bridgehead atoms. The lowest BCUT2D eigenvalue weighted by molar-refractivity contribution is -0.137. The molecule has 7 rings (SSSR count). The molecule has 16 heteroatoms. The van der Waals surface area contributed by atoms with Crippen LogP contribution in [0.15, 0.2) is 6.07 Å². The molecule has 0 aliphatic carbocycles. The maximum absolute atomic E-state index is 16.6. The fourth-order valence-electron chi connectivity index (χ4n) is 7.29. The summed E-state index contributed by atoms with van der Waals surface area (Å²) in [6, 6.07) is -0.0287. The lowest BCUT2D eigenvalue weighted by Crippen LogP contribution is -2.56. The zero-order valence-electron chi connectivity index (χ0n) is 24.3. The highest BCUT2D eigenvalue weighted by Crippen LogP contribution is 2.47. The molecule has 3 N–H and O–H groups in total. The van der Waals surface area contributed by atoms with Gasteiger partial charge in [-0.25, -0.2) is 22.5 Å². The standard InChI is InChI=1S/C29H30F7N7O2/c1-12-19(29(34,35)36)14(8-16(37)20(12)31)22-21(32)23-18-25(43-7-5-38-9-17(43)13(2)45-26(18)39-22)41-27(40-23)44-11-28-4-3-6-42(28)10-15(30)24(28)33/h8,13,15,17,24,38H,3-7,9-11,37H2,1-2H3/t13-,15-,17-,24-,28-/m0/s1. The van der Waals surface area contributed by atoms with Crippen LogP contribution in [0.1, 0.15) is 30.9 Å². The van der Waals surface area contributed by atoms with Crippen molar-refractivity contribution in [2.24, 2.45) is 0 Å². The number of nitrogens with two attached hydrogens (primary N) is 1. The molecule has 0 saturated carbocycles. The third-order valence-electron chi connectivity index (χ3n) is 9.52. The molecule has 3 saturated heterocycles. The number of ether oxygens (including phenoxy) is 2. The van der Waals surface area contributed by atoms with Gasteiger partial charge in [0.25, 0.3) is 0 Å². The first kappa shape index (κ1) is 30.0. The fourth-order valence-corrected chi connectivity index (χ4v) is 7.29. The zero-order chi connectivity index (χ0) is 32.0. The Bertz CT molecular complexity index is 1690. The summed E-state index contributed by atoms with van der Waals surface area (Å²) in [6.45, 7) is 4.11. The van der Waals surface area contributed by atoms with Crippen molar-refractivity contribution in [2.75, 3.05) is 50.0 Å². The molecular formula is C29H30F7N7O2. The Kier molecular flexibility index (Phi) is 6.96. The first-order valence-electron chi connectivity index (χ1n) is 14.7. The highest BCUT2D eigenvalue weighted by Gasteiger charge is 2.58. The number of hydrogen-bond acceptors (Lipinski definition) is 9. The third-order valence-corrected chi connectivity index (χ3v) is 9.52. The topological polar surface area (TPSA) is 102 Å². The number of nitrogens with one attached hydrogen (secondary N) is 1. The fraction of sp³-hybridized carbons (Fsp3) is 0.552. The van der Waals surface area contributed by atoms with E-state index in [-0.39, 0.29) is 42.3 Å². The number of piperazine rings is 1. The van der Waals surface area contributed by atoms with E-state index in [1.54, 1.807) is 11.8 Å². The van der Waals surface area contributed by atoms with Gasteiger partial charge in [0.15, 0.2) is 12.0 Å². The SMILES string of the molecule is Cc1c(F)c(N)cc(-c2nc3c4c(nc(OC[C@]56CCCN5C[C@H](F)[C@@H]6F)nc4c2F)N2CCNC[C@H]2[C@H](C)O3)c1C(F)(F)F. The minimum absolute atomic E-state index is 0.00827.